The number of phenols is 1. The molecular weight excluding hydrogens is 309 g/mol. The van der Waals surface area contributed by atoms with E-state index in [1.165, 1.54) is 6.92 Å². The summed E-state index contributed by atoms with van der Waals surface area (Å²) in [7, 11) is -3.59. The Hall–Kier alpha value is -2.03. The van der Waals surface area contributed by atoms with Crippen LogP contribution in [0.3, 0.4) is 0 Å². The molecule has 0 aliphatic heterocycles. The molecule has 0 spiro atoms. The Bertz CT molecular complexity index is 766. The predicted molar refractivity (Wildman–Crippen MR) is 69.2 cm³/mol. The van der Waals surface area contributed by atoms with Crippen LogP contribution < -0.4 is 0 Å². The van der Waals surface area contributed by atoms with E-state index in [9.17, 15) is 26.7 Å². The molecule has 0 amide bonds. The highest BCUT2D eigenvalue weighted by Crippen LogP contribution is 2.36. The highest BCUT2D eigenvalue weighted by atomic mass is 32.2. The van der Waals surface area contributed by atoms with Crippen molar-refractivity contribution < 1.29 is 26.7 Å². The average molecular weight is 320 g/mol. The highest BCUT2D eigenvalue weighted by molar-refractivity contribution is 7.89. The number of hydrogen-bond acceptors (Lipinski definition) is 4. The van der Waals surface area contributed by atoms with E-state index >= 15 is 0 Å². The second-order valence-electron chi connectivity index (χ2n) is 4.23. The zero-order valence-corrected chi connectivity index (χ0v) is 11.6. The number of phenolic OH excluding ortho intramolecular Hbond substituents is 1. The van der Waals surface area contributed by atoms with Gasteiger partial charge in [-0.25, -0.2) is 8.42 Å². The van der Waals surface area contributed by atoms with Crippen LogP contribution in [-0.2, 0) is 16.2 Å². The molecule has 0 saturated carbocycles. The van der Waals surface area contributed by atoms with Gasteiger partial charge in [0.15, 0.2) is 0 Å². The Morgan fingerprint density at radius 2 is 2.00 bits per heavy atom. The third kappa shape index (κ3) is 3.02. The molecule has 0 aliphatic carbocycles. The number of nitrogens with zero attached hydrogens (tertiary/aromatic N) is 2. The van der Waals surface area contributed by atoms with Gasteiger partial charge in [0.2, 0.25) is 0 Å². The Balaban J connectivity index is 2.45. The monoisotopic (exact) mass is 320 g/mol. The molecule has 0 fully saturated rings. The second kappa shape index (κ2) is 5.06. The topological polar surface area (TPSA) is 72.2 Å². The molecule has 0 atom stereocenters. The number of benzene rings is 1. The zero-order valence-electron chi connectivity index (χ0n) is 10.8. The summed E-state index contributed by atoms with van der Waals surface area (Å²) in [6.45, 7) is 1.44. The second-order valence-corrected chi connectivity index (χ2v) is 6.35. The van der Waals surface area contributed by atoms with Crippen molar-refractivity contribution in [2.45, 2.75) is 13.1 Å². The smallest absolute Gasteiger partial charge is 0.416 e. The van der Waals surface area contributed by atoms with Crippen LogP contribution in [0.25, 0.3) is 11.1 Å². The largest absolute Gasteiger partial charge is 0.507 e. The first-order valence-corrected chi connectivity index (χ1v) is 7.44. The SMILES string of the molecule is CCS(=O)(=O)n1cc(-c2ccc(C(F)(F)F)cc2O)cn1. The molecule has 0 saturated heterocycles. The third-order valence-electron chi connectivity index (χ3n) is 2.85. The van der Waals surface area contributed by atoms with Crippen LogP contribution in [0.4, 0.5) is 13.2 Å². The van der Waals surface area contributed by atoms with Gasteiger partial charge in [0.25, 0.3) is 10.0 Å². The first-order chi connectivity index (χ1) is 9.65. The van der Waals surface area contributed by atoms with Gasteiger partial charge in [0.05, 0.1) is 23.7 Å². The first kappa shape index (κ1) is 15.4. The van der Waals surface area contributed by atoms with Crippen LogP contribution in [0.5, 0.6) is 5.75 Å². The number of rotatable bonds is 3. The molecule has 1 heterocycles. The van der Waals surface area contributed by atoms with E-state index in [4.69, 9.17) is 0 Å². The molecule has 0 radical (unpaired) electrons. The summed E-state index contributed by atoms with van der Waals surface area (Å²) in [5.74, 6) is -0.772. The predicted octanol–water partition coefficient (Wildman–Crippen LogP) is 2.47. The number of aromatic nitrogens is 2. The zero-order chi connectivity index (χ0) is 15.8. The fourth-order valence-electron chi connectivity index (χ4n) is 1.68. The Kier molecular flexibility index (Phi) is 3.70. The van der Waals surface area contributed by atoms with Crippen LogP contribution in [0, 0.1) is 0 Å². The van der Waals surface area contributed by atoms with Crippen molar-refractivity contribution >= 4 is 10.0 Å². The van der Waals surface area contributed by atoms with Crippen molar-refractivity contribution in [3.05, 3.63) is 36.2 Å². The van der Waals surface area contributed by atoms with Gasteiger partial charge in [0.1, 0.15) is 5.75 Å². The Morgan fingerprint density at radius 1 is 1.33 bits per heavy atom. The lowest BCUT2D eigenvalue weighted by atomic mass is 10.1. The summed E-state index contributed by atoms with van der Waals surface area (Å²) in [6.07, 6.45) is -2.26. The molecule has 9 heteroatoms. The summed E-state index contributed by atoms with van der Waals surface area (Å²) in [5.41, 5.74) is -0.712. The molecule has 21 heavy (non-hydrogen) atoms. The lowest BCUT2D eigenvalue weighted by Gasteiger charge is -2.09. The van der Waals surface area contributed by atoms with E-state index in [1.807, 2.05) is 0 Å². The van der Waals surface area contributed by atoms with E-state index in [2.05, 4.69) is 5.10 Å². The maximum atomic E-state index is 12.5. The molecule has 2 aromatic rings. The van der Waals surface area contributed by atoms with Crippen LogP contribution in [0.1, 0.15) is 12.5 Å². The molecule has 1 N–H and O–H groups in total. The maximum absolute atomic E-state index is 12.5. The molecule has 2 rings (SSSR count). The van der Waals surface area contributed by atoms with E-state index in [-0.39, 0.29) is 16.9 Å². The van der Waals surface area contributed by atoms with Gasteiger partial charge in [-0.15, -0.1) is 0 Å². The van der Waals surface area contributed by atoms with Crippen LogP contribution in [0.2, 0.25) is 0 Å². The van der Waals surface area contributed by atoms with Gasteiger partial charge in [-0.1, -0.05) is 0 Å². The average Bonchev–Trinajstić information content (AvgIpc) is 2.87. The van der Waals surface area contributed by atoms with Crippen molar-refractivity contribution in [1.82, 2.24) is 9.19 Å². The lowest BCUT2D eigenvalue weighted by molar-refractivity contribution is -0.137. The number of alkyl halides is 3. The van der Waals surface area contributed by atoms with E-state index < -0.39 is 27.5 Å². The summed E-state index contributed by atoms with van der Waals surface area (Å²) in [6, 6.07) is 2.46. The van der Waals surface area contributed by atoms with Crippen molar-refractivity contribution in [3.8, 4) is 16.9 Å². The minimum atomic E-state index is -4.56. The quantitative estimate of drug-likeness (QED) is 0.943. The number of halogens is 3. The van der Waals surface area contributed by atoms with Gasteiger partial charge in [-0.2, -0.15) is 22.4 Å². The van der Waals surface area contributed by atoms with Crippen molar-refractivity contribution in [3.63, 3.8) is 0 Å². The van der Waals surface area contributed by atoms with E-state index in [0.29, 0.717) is 6.07 Å². The minimum Gasteiger partial charge on any atom is -0.507 e. The molecule has 0 bridgehead atoms. The normalized spacial score (nSPS) is 12.6. The van der Waals surface area contributed by atoms with Crippen LogP contribution in [0.15, 0.2) is 30.6 Å². The molecule has 0 unspecified atom stereocenters. The van der Waals surface area contributed by atoms with Crippen molar-refractivity contribution in [2.75, 3.05) is 5.75 Å². The third-order valence-corrected chi connectivity index (χ3v) is 4.35. The summed E-state index contributed by atoms with van der Waals surface area (Å²) >= 11 is 0. The Labute approximate surface area is 118 Å². The minimum absolute atomic E-state index is 0.0700. The van der Waals surface area contributed by atoms with Gasteiger partial charge in [-0.3, -0.25) is 0 Å². The van der Waals surface area contributed by atoms with Crippen molar-refractivity contribution in [1.29, 1.82) is 0 Å². The van der Waals surface area contributed by atoms with Crippen LogP contribution in [-0.4, -0.2) is 28.5 Å². The summed E-state index contributed by atoms with van der Waals surface area (Å²) in [4.78, 5) is 0. The first-order valence-electron chi connectivity index (χ1n) is 5.83. The lowest BCUT2D eigenvalue weighted by Crippen LogP contribution is -2.14. The standard InChI is InChI=1S/C12H11F3N2O3S/c1-2-21(19,20)17-7-8(6-16-17)10-4-3-9(5-11(10)18)12(13,14)15/h3-7,18H,2H2,1H3. The van der Waals surface area contributed by atoms with E-state index in [0.717, 1.165) is 28.6 Å². The van der Waals surface area contributed by atoms with Gasteiger partial charge in [0, 0.05) is 11.1 Å². The van der Waals surface area contributed by atoms with E-state index in [1.54, 1.807) is 0 Å². The summed E-state index contributed by atoms with van der Waals surface area (Å²) in [5, 5.41) is 13.3. The van der Waals surface area contributed by atoms with Gasteiger partial charge < -0.3 is 5.11 Å². The Morgan fingerprint density at radius 3 is 2.52 bits per heavy atom. The molecule has 1 aromatic heterocycles. The number of hydrogen-bond donors (Lipinski definition) is 1. The maximum Gasteiger partial charge on any atom is 0.416 e. The molecule has 114 valence electrons. The molecule has 0 aliphatic rings. The molecule has 5 nitrogen and oxygen atoms in total. The number of aromatic hydroxyl groups is 1. The van der Waals surface area contributed by atoms with Crippen molar-refractivity contribution in [2.24, 2.45) is 0 Å². The molecular formula is C12H11F3N2O3S. The fraction of sp³-hybridized carbons (Fsp3) is 0.250. The fourth-order valence-corrected chi connectivity index (χ4v) is 2.41. The van der Waals surface area contributed by atoms with Gasteiger partial charge >= 0.3 is 6.18 Å². The highest BCUT2D eigenvalue weighted by Gasteiger charge is 2.31. The summed E-state index contributed by atoms with van der Waals surface area (Å²) < 4.78 is 61.4. The molecule has 1 aromatic carbocycles. The van der Waals surface area contributed by atoms with Crippen LogP contribution >= 0.6 is 0 Å². The van der Waals surface area contributed by atoms with Gasteiger partial charge in [-0.05, 0) is 25.1 Å².